The van der Waals surface area contributed by atoms with E-state index in [1.807, 2.05) is 24.3 Å². The van der Waals surface area contributed by atoms with E-state index in [0.717, 1.165) is 10.0 Å². The average Bonchev–Trinajstić information content (AvgIpc) is 2.02. The van der Waals surface area contributed by atoms with Gasteiger partial charge in [0.2, 0.25) is 0 Å². The van der Waals surface area contributed by atoms with Crippen LogP contribution in [0.5, 0.6) is 0 Å². The maximum absolute atomic E-state index is 3.39. The molecule has 0 unspecified atom stereocenters. The fraction of sp³-hybridized carbons (Fsp3) is 0.273. The molecule has 0 amide bonds. The van der Waals surface area contributed by atoms with E-state index in [-0.39, 0.29) is 0 Å². The third-order valence-electron chi connectivity index (χ3n) is 1.35. The van der Waals surface area contributed by atoms with Crippen LogP contribution in [0.3, 0.4) is 0 Å². The zero-order valence-corrected chi connectivity index (χ0v) is 10.5. The minimum atomic E-state index is -0.705. The van der Waals surface area contributed by atoms with Gasteiger partial charge < -0.3 is 0 Å². The summed E-state index contributed by atoms with van der Waals surface area (Å²) in [4.78, 5) is 0. The van der Waals surface area contributed by atoms with Crippen LogP contribution in [-0.4, -0.2) is 18.8 Å². The number of hydrogen-bond acceptors (Lipinski definition) is 0. The Morgan fingerprint density at radius 3 is 2.08 bits per heavy atom. The summed E-state index contributed by atoms with van der Waals surface area (Å²) < 4.78 is 1.10. The molecule has 1 aromatic rings. The molecule has 70 valence electrons. The van der Waals surface area contributed by atoms with Gasteiger partial charge in [0, 0.05) is 10.0 Å². The van der Waals surface area contributed by atoms with E-state index >= 15 is 0 Å². The van der Waals surface area contributed by atoms with Gasteiger partial charge in [0.15, 0.2) is 0 Å². The first kappa shape index (κ1) is 10.7. The monoisotopic (exact) mass is 256 g/mol. The Labute approximate surface area is 90.2 Å². The molecule has 0 aliphatic carbocycles. The zero-order chi connectivity index (χ0) is 9.90. The van der Waals surface area contributed by atoms with E-state index in [1.54, 1.807) is 0 Å². The summed E-state index contributed by atoms with van der Waals surface area (Å²) in [5, 5.41) is 3.28. The second kappa shape index (κ2) is 4.21. The lowest BCUT2D eigenvalue weighted by Crippen LogP contribution is -1.85. The second-order valence-electron chi connectivity index (χ2n) is 3.57. The largest absolute Gasteiger partial charge is 0.186 e. The minimum Gasteiger partial charge on any atom is -0.186 e. The number of halogens is 1. The van der Waals surface area contributed by atoms with Crippen molar-refractivity contribution in [1.82, 2.24) is 0 Å². The van der Waals surface area contributed by atoms with Gasteiger partial charge in [0.25, 0.3) is 0 Å². The molecule has 0 saturated heterocycles. The predicted octanol–water partition coefficient (Wildman–Crippen LogP) is 3.45. The first-order chi connectivity index (χ1) is 5.97. The Kier molecular flexibility index (Phi) is 3.47. The van der Waals surface area contributed by atoms with E-state index in [2.05, 4.69) is 45.9 Å². The summed E-state index contributed by atoms with van der Waals surface area (Å²) in [5.74, 6) is 3.18. The molecule has 0 atom stereocenters. The molecule has 0 fully saturated rings. The molecule has 0 N–H and O–H groups in total. The van der Waals surface area contributed by atoms with Gasteiger partial charge in [0.1, 0.15) is 0 Å². The molecule has 13 heavy (non-hydrogen) atoms. The lowest BCUT2D eigenvalue weighted by Gasteiger charge is -2.14. The molecular formula is C11H13BrS. The van der Waals surface area contributed by atoms with Crippen molar-refractivity contribution in [2.45, 2.75) is 0 Å². The maximum atomic E-state index is 3.39. The molecule has 1 aromatic carbocycles. The summed E-state index contributed by atoms with van der Waals surface area (Å²) in [7, 11) is -0.705. The molecular weight excluding hydrogens is 244 g/mol. The van der Waals surface area contributed by atoms with Crippen LogP contribution in [0, 0.1) is 11.2 Å². The van der Waals surface area contributed by atoms with Crippen LogP contribution in [0.1, 0.15) is 5.56 Å². The lowest BCUT2D eigenvalue weighted by atomic mass is 10.2. The van der Waals surface area contributed by atoms with Crippen LogP contribution >= 0.6 is 26.0 Å². The summed E-state index contributed by atoms with van der Waals surface area (Å²) in [6.45, 7) is 0. The third-order valence-corrected chi connectivity index (χ3v) is 2.59. The topological polar surface area (TPSA) is 0 Å². The third kappa shape index (κ3) is 4.40. The predicted molar refractivity (Wildman–Crippen MR) is 66.4 cm³/mol. The second-order valence-corrected chi connectivity index (χ2v) is 8.37. The molecule has 0 heterocycles. The molecule has 0 aromatic heterocycles. The van der Waals surface area contributed by atoms with Crippen LogP contribution in [0.15, 0.2) is 28.7 Å². The first-order valence-corrected chi connectivity index (χ1v) is 7.59. The van der Waals surface area contributed by atoms with Crippen LogP contribution in [-0.2, 0) is 0 Å². The van der Waals surface area contributed by atoms with Gasteiger partial charge in [-0.25, -0.2) is 0 Å². The van der Waals surface area contributed by atoms with Gasteiger partial charge in [0.05, 0.1) is 0 Å². The van der Waals surface area contributed by atoms with E-state index in [1.165, 1.54) is 0 Å². The Morgan fingerprint density at radius 1 is 1.08 bits per heavy atom. The van der Waals surface area contributed by atoms with Crippen molar-refractivity contribution in [2.75, 3.05) is 18.8 Å². The standard InChI is InChI=1S/C11H13BrS/c1-13(2,3)9-8-10-4-6-11(12)7-5-10/h4-7H,1-3H3. The lowest BCUT2D eigenvalue weighted by molar-refractivity contribution is 1.61. The fourth-order valence-electron chi connectivity index (χ4n) is 0.745. The molecule has 0 nitrogen and oxygen atoms in total. The highest BCUT2D eigenvalue weighted by Gasteiger charge is 1.95. The van der Waals surface area contributed by atoms with Gasteiger partial charge >= 0.3 is 0 Å². The van der Waals surface area contributed by atoms with Crippen molar-refractivity contribution < 1.29 is 0 Å². The van der Waals surface area contributed by atoms with Crippen molar-refractivity contribution in [3.8, 4) is 11.2 Å². The van der Waals surface area contributed by atoms with Crippen LogP contribution in [0.2, 0.25) is 0 Å². The molecule has 0 spiro atoms. The van der Waals surface area contributed by atoms with Crippen molar-refractivity contribution >= 4 is 26.0 Å². The Balaban J connectivity index is 2.85. The van der Waals surface area contributed by atoms with Crippen molar-refractivity contribution in [2.24, 2.45) is 0 Å². The molecule has 1 rings (SSSR count). The van der Waals surface area contributed by atoms with E-state index in [4.69, 9.17) is 0 Å². The van der Waals surface area contributed by atoms with Gasteiger partial charge in [-0.3, -0.25) is 0 Å². The van der Waals surface area contributed by atoms with Crippen LogP contribution in [0.4, 0.5) is 0 Å². The maximum Gasteiger partial charge on any atom is 0.0254 e. The first-order valence-electron chi connectivity index (χ1n) is 3.94. The van der Waals surface area contributed by atoms with Crippen molar-refractivity contribution in [1.29, 1.82) is 0 Å². The van der Waals surface area contributed by atoms with Crippen LogP contribution < -0.4 is 0 Å². The van der Waals surface area contributed by atoms with E-state index in [9.17, 15) is 0 Å². The number of hydrogen-bond donors (Lipinski definition) is 0. The van der Waals surface area contributed by atoms with Gasteiger partial charge in [-0.15, -0.1) is 0 Å². The molecule has 0 aliphatic rings. The quantitative estimate of drug-likeness (QED) is 0.624. The minimum absolute atomic E-state index is 0.705. The average molecular weight is 257 g/mol. The molecule has 2 heteroatoms. The normalized spacial score (nSPS) is 11.7. The Bertz CT molecular complexity index is 335. The summed E-state index contributed by atoms with van der Waals surface area (Å²) in [5.41, 5.74) is 1.09. The summed E-state index contributed by atoms with van der Waals surface area (Å²) >= 11 is 3.39. The SMILES string of the molecule is CS(C)(C)C#Cc1ccc(Br)cc1. The number of rotatable bonds is 0. The number of benzene rings is 1. The zero-order valence-electron chi connectivity index (χ0n) is 8.10. The summed E-state index contributed by atoms with van der Waals surface area (Å²) in [6, 6.07) is 8.09. The highest BCUT2D eigenvalue weighted by atomic mass is 79.9. The van der Waals surface area contributed by atoms with Gasteiger partial charge in [-0.1, -0.05) is 21.9 Å². The molecule has 0 bridgehead atoms. The van der Waals surface area contributed by atoms with Crippen molar-refractivity contribution in [3.63, 3.8) is 0 Å². The smallest absolute Gasteiger partial charge is 0.0254 e. The van der Waals surface area contributed by atoms with E-state index < -0.39 is 10.0 Å². The fourth-order valence-corrected chi connectivity index (χ4v) is 1.43. The Morgan fingerprint density at radius 2 is 1.62 bits per heavy atom. The molecule has 0 radical (unpaired) electrons. The van der Waals surface area contributed by atoms with Gasteiger partial charge in [-0.05, 0) is 48.3 Å². The molecule has 0 aliphatic heterocycles. The molecule has 0 saturated carbocycles. The van der Waals surface area contributed by atoms with Gasteiger partial charge in [-0.2, -0.15) is 10.0 Å². The van der Waals surface area contributed by atoms with Crippen LogP contribution in [0.25, 0.3) is 0 Å². The van der Waals surface area contributed by atoms with Crippen molar-refractivity contribution in [3.05, 3.63) is 34.3 Å². The summed E-state index contributed by atoms with van der Waals surface area (Å²) in [6.07, 6.45) is 6.58. The highest BCUT2D eigenvalue weighted by Crippen LogP contribution is 2.32. The van der Waals surface area contributed by atoms with E-state index in [0.29, 0.717) is 0 Å². The highest BCUT2D eigenvalue weighted by molar-refractivity contribution is 9.10. The Hall–Kier alpha value is -0.390.